The molecule has 0 atom stereocenters. The summed E-state index contributed by atoms with van der Waals surface area (Å²) < 4.78 is 5.54. The Bertz CT molecular complexity index is 989. The van der Waals surface area contributed by atoms with Gasteiger partial charge in [-0.2, -0.15) is 0 Å². The minimum Gasteiger partial charge on any atom is -0.494 e. The van der Waals surface area contributed by atoms with E-state index < -0.39 is 0 Å². The number of anilines is 1. The first-order valence-corrected chi connectivity index (χ1v) is 10.4. The number of benzene rings is 2. The lowest BCUT2D eigenvalue weighted by molar-refractivity contribution is -0.120. The molecule has 0 aliphatic carbocycles. The van der Waals surface area contributed by atoms with E-state index in [9.17, 15) is 9.59 Å². The normalized spacial score (nSPS) is 17.8. The Morgan fingerprint density at radius 2 is 1.57 bits per heavy atom. The zero-order valence-corrected chi connectivity index (χ0v) is 17.7. The van der Waals surface area contributed by atoms with Crippen LogP contribution in [0.1, 0.15) is 18.1 Å². The number of carbonyl (C=O) groups is 2. The van der Waals surface area contributed by atoms with Gasteiger partial charge in [-0.25, -0.2) is 4.90 Å². The summed E-state index contributed by atoms with van der Waals surface area (Å²) >= 11 is 0. The van der Waals surface area contributed by atoms with Crippen LogP contribution in [0.4, 0.5) is 5.69 Å². The lowest BCUT2D eigenvalue weighted by Gasteiger charge is -2.34. The molecular formula is C24H27N3O3. The number of piperazine rings is 1. The van der Waals surface area contributed by atoms with E-state index in [4.69, 9.17) is 4.74 Å². The van der Waals surface area contributed by atoms with E-state index in [1.807, 2.05) is 62.4 Å². The Labute approximate surface area is 177 Å². The number of para-hydroxylation sites is 1. The van der Waals surface area contributed by atoms with Gasteiger partial charge in [0.05, 0.1) is 17.9 Å². The number of amides is 2. The molecule has 2 heterocycles. The molecule has 0 unspecified atom stereocenters. The molecule has 6 nitrogen and oxygen atoms in total. The van der Waals surface area contributed by atoms with Crippen LogP contribution in [0.25, 0.3) is 5.57 Å². The maximum absolute atomic E-state index is 13.6. The molecule has 0 spiro atoms. The quantitative estimate of drug-likeness (QED) is 0.716. The van der Waals surface area contributed by atoms with Crippen LogP contribution in [-0.2, 0) is 9.59 Å². The number of nitrogens with zero attached hydrogens (tertiary/aromatic N) is 3. The highest BCUT2D eigenvalue weighted by atomic mass is 16.5. The first kappa shape index (κ1) is 20.2. The maximum Gasteiger partial charge on any atom is 0.282 e. The van der Waals surface area contributed by atoms with Crippen LogP contribution >= 0.6 is 0 Å². The zero-order valence-electron chi connectivity index (χ0n) is 17.7. The number of hydrogen-bond acceptors (Lipinski definition) is 5. The van der Waals surface area contributed by atoms with E-state index in [1.54, 1.807) is 0 Å². The van der Waals surface area contributed by atoms with Gasteiger partial charge in [-0.1, -0.05) is 30.3 Å². The number of carbonyl (C=O) groups excluding carboxylic acids is 2. The second-order valence-corrected chi connectivity index (χ2v) is 7.70. The predicted octanol–water partition coefficient (Wildman–Crippen LogP) is 2.93. The molecule has 2 aliphatic heterocycles. The molecule has 0 N–H and O–H groups in total. The number of aryl methyl sites for hydroxylation is 1. The number of likely N-dealkylation sites (N-methyl/N-ethyl adjacent to an activating group) is 1. The molecule has 0 aromatic heterocycles. The van der Waals surface area contributed by atoms with Crippen LogP contribution in [0, 0.1) is 6.92 Å². The highest BCUT2D eigenvalue weighted by Crippen LogP contribution is 2.36. The lowest BCUT2D eigenvalue weighted by atomic mass is 10.0. The summed E-state index contributed by atoms with van der Waals surface area (Å²) in [5.74, 6) is 0.227. The highest BCUT2D eigenvalue weighted by molar-refractivity contribution is 6.45. The highest BCUT2D eigenvalue weighted by Gasteiger charge is 2.43. The van der Waals surface area contributed by atoms with Crippen molar-refractivity contribution in [3.8, 4) is 5.75 Å². The molecule has 0 bridgehead atoms. The van der Waals surface area contributed by atoms with Gasteiger partial charge in [-0.05, 0) is 50.2 Å². The summed E-state index contributed by atoms with van der Waals surface area (Å²) in [6.45, 7) is 7.56. The van der Waals surface area contributed by atoms with Crippen LogP contribution in [0.5, 0.6) is 5.75 Å². The lowest BCUT2D eigenvalue weighted by Crippen LogP contribution is -2.46. The fourth-order valence-corrected chi connectivity index (χ4v) is 4.02. The predicted molar refractivity (Wildman–Crippen MR) is 117 cm³/mol. The third-order valence-electron chi connectivity index (χ3n) is 5.69. The summed E-state index contributed by atoms with van der Waals surface area (Å²) in [6, 6.07) is 14.9. The number of ether oxygens (including phenoxy) is 1. The van der Waals surface area contributed by atoms with Crippen molar-refractivity contribution in [1.29, 1.82) is 0 Å². The first-order valence-electron chi connectivity index (χ1n) is 10.4. The molecule has 2 amide bonds. The summed E-state index contributed by atoms with van der Waals surface area (Å²) in [4.78, 5) is 32.8. The van der Waals surface area contributed by atoms with Gasteiger partial charge in [-0.3, -0.25) is 9.59 Å². The molecule has 1 fully saturated rings. The average Bonchev–Trinajstić information content (AvgIpc) is 3.00. The SMILES string of the molecule is CCOc1ccc(C2=C(N3CCN(C)CC3)C(=O)N(c3ccccc3C)C2=O)cc1. The van der Waals surface area contributed by atoms with Crippen molar-refractivity contribution in [3.05, 3.63) is 65.4 Å². The first-order chi connectivity index (χ1) is 14.5. The van der Waals surface area contributed by atoms with Crippen LogP contribution in [0.15, 0.2) is 54.2 Å². The zero-order chi connectivity index (χ0) is 21.3. The monoisotopic (exact) mass is 405 g/mol. The molecule has 1 saturated heterocycles. The molecule has 30 heavy (non-hydrogen) atoms. The fraction of sp³-hybridized carbons (Fsp3) is 0.333. The van der Waals surface area contributed by atoms with Gasteiger partial charge in [0.15, 0.2) is 0 Å². The van der Waals surface area contributed by atoms with E-state index >= 15 is 0 Å². The van der Waals surface area contributed by atoms with Gasteiger partial charge in [0.25, 0.3) is 11.8 Å². The van der Waals surface area contributed by atoms with E-state index in [1.165, 1.54) is 4.90 Å². The van der Waals surface area contributed by atoms with Crippen molar-refractivity contribution < 1.29 is 14.3 Å². The van der Waals surface area contributed by atoms with Crippen molar-refractivity contribution in [3.63, 3.8) is 0 Å². The van der Waals surface area contributed by atoms with Crippen molar-refractivity contribution in [2.45, 2.75) is 13.8 Å². The smallest absolute Gasteiger partial charge is 0.282 e. The van der Waals surface area contributed by atoms with Gasteiger partial charge in [0.2, 0.25) is 0 Å². The van der Waals surface area contributed by atoms with Crippen LogP contribution in [0.2, 0.25) is 0 Å². The van der Waals surface area contributed by atoms with Crippen LogP contribution < -0.4 is 9.64 Å². The van der Waals surface area contributed by atoms with E-state index in [-0.39, 0.29) is 11.8 Å². The Kier molecular flexibility index (Phi) is 5.59. The molecule has 0 saturated carbocycles. The summed E-state index contributed by atoms with van der Waals surface area (Å²) in [5, 5.41) is 0. The second-order valence-electron chi connectivity index (χ2n) is 7.70. The Morgan fingerprint density at radius 3 is 2.20 bits per heavy atom. The van der Waals surface area contributed by atoms with Crippen molar-refractivity contribution in [1.82, 2.24) is 9.80 Å². The summed E-state index contributed by atoms with van der Waals surface area (Å²) in [5.41, 5.74) is 3.24. The van der Waals surface area contributed by atoms with Gasteiger partial charge in [-0.15, -0.1) is 0 Å². The van der Waals surface area contributed by atoms with Gasteiger partial charge in [0.1, 0.15) is 11.4 Å². The standard InChI is InChI=1S/C24H27N3O3/c1-4-30-19-11-9-18(10-12-19)21-22(26-15-13-25(3)14-16-26)24(29)27(23(21)28)20-8-6-5-7-17(20)2/h5-12H,4,13-16H2,1-3H3. The van der Waals surface area contributed by atoms with Crippen LogP contribution in [0.3, 0.4) is 0 Å². The van der Waals surface area contributed by atoms with Gasteiger partial charge >= 0.3 is 0 Å². The number of imide groups is 1. The van der Waals surface area contributed by atoms with Gasteiger partial charge < -0.3 is 14.5 Å². The Morgan fingerprint density at radius 1 is 0.900 bits per heavy atom. The Balaban J connectivity index is 1.79. The largest absolute Gasteiger partial charge is 0.494 e. The topological polar surface area (TPSA) is 53.1 Å². The molecule has 4 rings (SSSR count). The average molecular weight is 405 g/mol. The maximum atomic E-state index is 13.6. The molecule has 6 heteroatoms. The minimum atomic E-state index is -0.271. The second kappa shape index (κ2) is 8.32. The third-order valence-corrected chi connectivity index (χ3v) is 5.69. The fourth-order valence-electron chi connectivity index (χ4n) is 4.02. The van der Waals surface area contributed by atoms with Crippen molar-refractivity contribution in [2.75, 3.05) is 44.7 Å². The molecule has 2 aliphatic rings. The van der Waals surface area contributed by atoms with Crippen LogP contribution in [-0.4, -0.2) is 61.4 Å². The van der Waals surface area contributed by atoms with E-state index in [0.717, 1.165) is 30.0 Å². The molecule has 0 radical (unpaired) electrons. The van der Waals surface area contributed by atoms with E-state index in [2.05, 4.69) is 16.8 Å². The number of hydrogen-bond donors (Lipinski definition) is 0. The summed E-state index contributed by atoms with van der Waals surface area (Å²) in [7, 11) is 2.07. The van der Waals surface area contributed by atoms with Crippen molar-refractivity contribution >= 4 is 23.1 Å². The minimum absolute atomic E-state index is 0.247. The molecule has 156 valence electrons. The van der Waals surface area contributed by atoms with Gasteiger partial charge in [0, 0.05) is 26.2 Å². The Hall–Kier alpha value is -3.12. The number of rotatable bonds is 5. The third kappa shape index (κ3) is 3.59. The van der Waals surface area contributed by atoms with Crippen molar-refractivity contribution in [2.24, 2.45) is 0 Å². The molecular weight excluding hydrogens is 378 g/mol. The summed E-state index contributed by atoms with van der Waals surface area (Å²) in [6.07, 6.45) is 0. The molecule has 2 aromatic rings. The van der Waals surface area contributed by atoms with E-state index in [0.29, 0.717) is 36.7 Å². The molecule has 2 aromatic carbocycles.